The number of rotatable bonds is 7. The van der Waals surface area contributed by atoms with Gasteiger partial charge >= 0.3 is 5.84 Å². The van der Waals surface area contributed by atoms with Crippen LogP contribution in [0.15, 0.2) is 54.4 Å². The first-order valence-corrected chi connectivity index (χ1v) is 13.8. The number of imidazole rings is 1. The summed E-state index contributed by atoms with van der Waals surface area (Å²) < 4.78 is 6.37. The van der Waals surface area contributed by atoms with E-state index in [2.05, 4.69) is 29.0 Å². The number of piperidine rings is 2. The lowest BCUT2D eigenvalue weighted by Gasteiger charge is -2.37. The van der Waals surface area contributed by atoms with Gasteiger partial charge in [0.25, 0.3) is 0 Å². The minimum absolute atomic E-state index is 0.140. The van der Waals surface area contributed by atoms with E-state index in [-0.39, 0.29) is 12.0 Å². The molecule has 0 aliphatic carbocycles. The van der Waals surface area contributed by atoms with Crippen molar-refractivity contribution in [2.45, 2.75) is 44.6 Å². The zero-order valence-corrected chi connectivity index (χ0v) is 21.7. The van der Waals surface area contributed by atoms with Crippen molar-refractivity contribution < 1.29 is 4.79 Å². The minimum atomic E-state index is 0.140. The Balaban J connectivity index is 1.03. The lowest BCUT2D eigenvalue weighted by Crippen LogP contribution is -2.45. The Kier molecular flexibility index (Phi) is 7.03. The molecule has 9 heteroatoms. The third kappa shape index (κ3) is 5.12. The predicted octanol–water partition coefficient (Wildman–Crippen LogP) is 2.58. The zero-order chi connectivity index (χ0) is 25.9. The molecule has 0 unspecified atom stereocenters. The van der Waals surface area contributed by atoms with Crippen molar-refractivity contribution in [3.8, 4) is 11.5 Å². The number of fused-ring (bicyclic) bond motifs is 1. The van der Waals surface area contributed by atoms with Gasteiger partial charge in [0.1, 0.15) is 11.2 Å². The van der Waals surface area contributed by atoms with Crippen LogP contribution in [0.1, 0.15) is 44.6 Å². The molecule has 0 saturated carbocycles. The Hall–Kier alpha value is -3.81. The van der Waals surface area contributed by atoms with E-state index in [9.17, 15) is 4.79 Å². The number of amides is 1. The molecule has 3 aromatic rings. The molecule has 0 bridgehead atoms. The normalized spacial score (nSPS) is 19.2. The number of hydrogen-bond acceptors (Lipinski definition) is 6. The second-order valence-corrected chi connectivity index (χ2v) is 10.5. The van der Waals surface area contributed by atoms with Crippen LogP contribution in [0.2, 0.25) is 0 Å². The molecule has 6 heterocycles. The Labute approximate surface area is 222 Å². The summed E-state index contributed by atoms with van der Waals surface area (Å²) in [5.74, 6) is 1.93. The summed E-state index contributed by atoms with van der Waals surface area (Å²) in [6.45, 7) is 4.59. The van der Waals surface area contributed by atoms with Crippen LogP contribution in [-0.4, -0.2) is 80.0 Å². The molecule has 0 radical (unpaired) electrons. The van der Waals surface area contributed by atoms with Crippen molar-refractivity contribution in [3.63, 3.8) is 0 Å². The van der Waals surface area contributed by atoms with Crippen LogP contribution in [0, 0.1) is 5.92 Å². The van der Waals surface area contributed by atoms with Crippen molar-refractivity contribution in [3.05, 3.63) is 54.4 Å². The van der Waals surface area contributed by atoms with Gasteiger partial charge in [-0.2, -0.15) is 0 Å². The average molecular weight is 512 g/mol. The smallest absolute Gasteiger partial charge is 0.342 e. The first-order chi connectivity index (χ1) is 18.7. The number of amidine groups is 1. The number of hydrogen-bond donors (Lipinski definition) is 1. The molecule has 2 fully saturated rings. The highest BCUT2D eigenvalue weighted by Gasteiger charge is 2.32. The van der Waals surface area contributed by atoms with E-state index < -0.39 is 0 Å². The van der Waals surface area contributed by atoms with E-state index in [4.69, 9.17) is 10.7 Å². The second kappa shape index (κ2) is 10.9. The minimum Gasteiger partial charge on any atom is -0.342 e. The Morgan fingerprint density at radius 2 is 1.82 bits per heavy atom. The maximum atomic E-state index is 13.4. The van der Waals surface area contributed by atoms with Gasteiger partial charge in [0.05, 0.1) is 6.08 Å². The molecule has 0 atom stereocenters. The predicted molar refractivity (Wildman–Crippen MR) is 149 cm³/mol. The van der Waals surface area contributed by atoms with E-state index in [1.165, 1.54) is 5.57 Å². The van der Waals surface area contributed by atoms with Gasteiger partial charge in [-0.05, 0) is 82.4 Å². The van der Waals surface area contributed by atoms with Crippen LogP contribution in [0.4, 0.5) is 0 Å². The molecule has 196 valence electrons. The lowest BCUT2D eigenvalue weighted by molar-refractivity contribution is -0.138. The maximum Gasteiger partial charge on any atom is 0.366 e. The number of carbonyl (C=O) groups is 1. The average Bonchev–Trinajstić information content (AvgIpc) is 3.57. The Bertz CT molecular complexity index is 1390. The number of pyridine rings is 2. The summed E-state index contributed by atoms with van der Waals surface area (Å²) in [4.78, 5) is 32.1. The van der Waals surface area contributed by atoms with Crippen LogP contribution >= 0.6 is 0 Å². The first-order valence-electron chi connectivity index (χ1n) is 13.8. The largest absolute Gasteiger partial charge is 0.366 e. The van der Waals surface area contributed by atoms with Crippen molar-refractivity contribution in [2.75, 3.05) is 32.7 Å². The first kappa shape index (κ1) is 24.5. The van der Waals surface area contributed by atoms with Crippen LogP contribution < -0.4 is 10.4 Å². The zero-order valence-electron chi connectivity index (χ0n) is 21.7. The lowest BCUT2D eigenvalue weighted by atomic mass is 9.93. The van der Waals surface area contributed by atoms with Gasteiger partial charge in [0, 0.05) is 43.0 Å². The maximum absolute atomic E-state index is 13.4. The number of nitrogens with zero attached hydrogens (tertiary/aromatic N) is 7. The van der Waals surface area contributed by atoms with Crippen molar-refractivity contribution in [1.29, 1.82) is 0 Å². The van der Waals surface area contributed by atoms with E-state index in [0.717, 1.165) is 93.9 Å². The fraction of sp³-hybridized carbons (Fsp3) is 0.448. The summed E-state index contributed by atoms with van der Waals surface area (Å²) in [5.41, 5.74) is 9.56. The third-order valence-electron chi connectivity index (χ3n) is 8.07. The topological polar surface area (TPSA) is 107 Å². The molecule has 0 aromatic carbocycles. The highest BCUT2D eigenvalue weighted by Crippen LogP contribution is 2.33. The SMILES string of the molecule is NC1=[N+]=CC(CCCN2CCC(C(=O)N3CCC(n4c(-c5ccccn5)nc5cccnc54)CC3)CC2)=C1. The number of allylic oxidation sites excluding steroid dienone is 1. The summed E-state index contributed by atoms with van der Waals surface area (Å²) in [5, 5.41) is 0. The standard InChI is InChI=1S/C29H34N8O/c30-26-19-21(20-33-26)5-4-14-35-15-8-22(9-16-35)29(38)36-17-10-23(11-18-36)37-27-25(7-3-13-32-27)34-28(37)24-6-1-2-12-31-24/h1-3,6-7,12-13,19-20,22-23,30H,4-5,8-11,14-18H2/p+1. The van der Waals surface area contributed by atoms with Crippen LogP contribution in [0.5, 0.6) is 0 Å². The number of aromatic nitrogens is 4. The molecule has 0 spiro atoms. The molecule has 9 nitrogen and oxygen atoms in total. The molecule has 38 heavy (non-hydrogen) atoms. The van der Waals surface area contributed by atoms with Gasteiger partial charge in [-0.1, -0.05) is 6.07 Å². The van der Waals surface area contributed by atoms with Crippen molar-refractivity contribution in [1.82, 2.24) is 34.0 Å². The third-order valence-corrected chi connectivity index (χ3v) is 8.07. The van der Waals surface area contributed by atoms with Crippen molar-refractivity contribution >= 4 is 29.1 Å². The molecule has 2 saturated heterocycles. The molecule has 2 N–H and O–H groups in total. The quantitative estimate of drug-likeness (QED) is 0.489. The van der Waals surface area contributed by atoms with E-state index >= 15 is 0 Å². The Morgan fingerprint density at radius 3 is 2.55 bits per heavy atom. The summed E-state index contributed by atoms with van der Waals surface area (Å²) in [6, 6.07) is 10.1. The summed E-state index contributed by atoms with van der Waals surface area (Å²) in [6.07, 6.45) is 13.2. The number of nitrogens with two attached hydrogens (primary N) is 1. The van der Waals surface area contributed by atoms with Gasteiger partial charge in [-0.15, -0.1) is 0 Å². The molecule has 3 aromatic heterocycles. The fourth-order valence-corrected chi connectivity index (χ4v) is 6.02. The van der Waals surface area contributed by atoms with Crippen LogP contribution in [-0.2, 0) is 4.79 Å². The van der Waals surface area contributed by atoms with Crippen molar-refractivity contribution in [2.24, 2.45) is 11.7 Å². The molecule has 3 aliphatic rings. The molecule has 6 rings (SSSR count). The van der Waals surface area contributed by atoms with Gasteiger partial charge in [0.2, 0.25) is 5.91 Å². The molecule has 1 amide bonds. The number of carbonyl (C=O) groups excluding carboxylic acids is 1. The van der Waals surface area contributed by atoms with E-state index in [1.807, 2.05) is 48.8 Å². The highest BCUT2D eigenvalue weighted by molar-refractivity contribution is 6.03. The van der Waals surface area contributed by atoms with Gasteiger partial charge in [0.15, 0.2) is 17.7 Å². The fourth-order valence-electron chi connectivity index (χ4n) is 6.02. The molecular weight excluding hydrogens is 476 g/mol. The summed E-state index contributed by atoms with van der Waals surface area (Å²) >= 11 is 0. The monoisotopic (exact) mass is 511 g/mol. The second-order valence-electron chi connectivity index (χ2n) is 10.5. The number of likely N-dealkylation sites (tertiary alicyclic amines) is 2. The summed E-state index contributed by atoms with van der Waals surface area (Å²) in [7, 11) is 0. The molecule has 3 aliphatic heterocycles. The van der Waals surface area contributed by atoms with Gasteiger partial charge in [-0.3, -0.25) is 15.5 Å². The van der Waals surface area contributed by atoms with Gasteiger partial charge < -0.3 is 14.4 Å². The van der Waals surface area contributed by atoms with Crippen LogP contribution in [0.25, 0.3) is 22.7 Å². The Morgan fingerprint density at radius 1 is 1.00 bits per heavy atom. The van der Waals surface area contributed by atoms with Crippen LogP contribution in [0.3, 0.4) is 0 Å². The van der Waals surface area contributed by atoms with Gasteiger partial charge in [-0.25, -0.2) is 14.6 Å². The molecular formula is C29H35N8O+. The van der Waals surface area contributed by atoms with E-state index in [1.54, 1.807) is 6.20 Å². The highest BCUT2D eigenvalue weighted by atomic mass is 16.2. The van der Waals surface area contributed by atoms with E-state index in [0.29, 0.717) is 11.7 Å².